The molecule has 5 nitrogen and oxygen atoms in total. The Labute approximate surface area is 149 Å². The summed E-state index contributed by atoms with van der Waals surface area (Å²) in [5.74, 6) is -0.821. The zero-order chi connectivity index (χ0) is 17.9. The molecule has 0 radical (unpaired) electrons. The molecule has 0 saturated heterocycles. The Kier molecular flexibility index (Phi) is 18.2. The number of carboxylic acid groups (broad SMARTS) is 1. The van der Waals surface area contributed by atoms with Gasteiger partial charge < -0.3 is 15.7 Å². The van der Waals surface area contributed by atoms with E-state index < -0.39 is 5.97 Å². The van der Waals surface area contributed by atoms with Crippen LogP contribution in [-0.2, 0) is 4.79 Å². The second-order valence-electron chi connectivity index (χ2n) is 6.74. The minimum atomic E-state index is -0.821. The molecule has 0 aromatic rings. The Balaban J connectivity index is 3.08. The lowest BCUT2D eigenvalue weighted by molar-refractivity contribution is -0.136. The van der Waals surface area contributed by atoms with E-state index in [4.69, 9.17) is 5.11 Å². The van der Waals surface area contributed by atoms with E-state index in [2.05, 4.69) is 22.9 Å². The van der Waals surface area contributed by atoms with Crippen LogP contribution in [0.2, 0.25) is 0 Å². The zero-order valence-electron chi connectivity index (χ0n) is 16.0. The third kappa shape index (κ3) is 19.4. The average molecular weight is 344 g/mol. The van der Waals surface area contributed by atoms with Crippen molar-refractivity contribution in [1.29, 1.82) is 0 Å². The first-order valence-corrected chi connectivity index (χ1v) is 10.1. The molecule has 0 spiro atoms. The fourth-order valence-corrected chi connectivity index (χ4v) is 2.73. The highest BCUT2D eigenvalue weighted by molar-refractivity contribution is 5.69. The summed E-state index contributed by atoms with van der Waals surface area (Å²) in [6.45, 7) is 7.07. The molecule has 1 atom stereocenters. The maximum Gasteiger partial charge on any atom is 0.317 e. The highest BCUT2D eigenvalue weighted by atomic mass is 16.4. The van der Waals surface area contributed by atoms with E-state index in [1.165, 1.54) is 70.6 Å². The molecule has 0 heterocycles. The molecular formula is C19H41N3O2. The van der Waals surface area contributed by atoms with Gasteiger partial charge in [0.05, 0.1) is 12.7 Å². The molecule has 0 aliphatic carbocycles. The summed E-state index contributed by atoms with van der Waals surface area (Å²) in [6, 6.07) is 0. The lowest BCUT2D eigenvalue weighted by Crippen LogP contribution is -2.44. The quantitative estimate of drug-likeness (QED) is 0.213. The number of carbonyl (C=O) groups is 1. The maximum atomic E-state index is 10.4. The van der Waals surface area contributed by atoms with Gasteiger partial charge in [0.2, 0.25) is 0 Å². The third-order valence-electron chi connectivity index (χ3n) is 4.27. The number of carboxylic acids is 1. The first-order chi connectivity index (χ1) is 11.7. The van der Waals surface area contributed by atoms with Gasteiger partial charge in [-0.2, -0.15) is 0 Å². The summed E-state index contributed by atoms with van der Waals surface area (Å²) in [6.07, 6.45) is 15.2. The van der Waals surface area contributed by atoms with E-state index in [0.29, 0.717) is 0 Å². The van der Waals surface area contributed by atoms with Gasteiger partial charge in [-0.1, -0.05) is 71.1 Å². The van der Waals surface area contributed by atoms with Crippen molar-refractivity contribution in [1.82, 2.24) is 16.0 Å². The van der Waals surface area contributed by atoms with Gasteiger partial charge in [-0.25, -0.2) is 0 Å². The highest BCUT2D eigenvalue weighted by Gasteiger charge is 2.01. The van der Waals surface area contributed by atoms with E-state index in [1.54, 1.807) is 0 Å². The van der Waals surface area contributed by atoms with Gasteiger partial charge in [0.25, 0.3) is 0 Å². The molecule has 24 heavy (non-hydrogen) atoms. The first-order valence-electron chi connectivity index (χ1n) is 10.1. The normalized spacial score (nSPS) is 12.4. The van der Waals surface area contributed by atoms with Gasteiger partial charge in [-0.15, -0.1) is 0 Å². The fraction of sp³-hybridized carbons (Fsp3) is 0.947. The van der Waals surface area contributed by atoms with Crippen molar-refractivity contribution in [2.75, 3.05) is 26.2 Å². The van der Waals surface area contributed by atoms with Crippen molar-refractivity contribution < 1.29 is 9.90 Å². The number of rotatable bonds is 19. The highest BCUT2D eigenvalue weighted by Crippen LogP contribution is 2.10. The number of aliphatic carboxylic acids is 1. The van der Waals surface area contributed by atoms with E-state index in [1.807, 2.05) is 6.92 Å². The largest absolute Gasteiger partial charge is 0.480 e. The van der Waals surface area contributed by atoms with Crippen molar-refractivity contribution >= 4 is 5.97 Å². The van der Waals surface area contributed by atoms with Crippen LogP contribution in [0.4, 0.5) is 0 Å². The molecule has 0 bridgehead atoms. The van der Waals surface area contributed by atoms with Crippen LogP contribution in [0.25, 0.3) is 0 Å². The standard InChI is InChI=1S/C19H41N3O2/c1-3-4-5-6-7-8-9-10-11-12-13-14-20-15-16-21-18(2)22-17-19(23)24/h18,20-22H,3-17H2,1-2H3,(H,23,24). The number of nitrogens with one attached hydrogen (secondary N) is 3. The number of hydrogen-bond acceptors (Lipinski definition) is 4. The molecular weight excluding hydrogens is 302 g/mol. The Morgan fingerprint density at radius 3 is 1.88 bits per heavy atom. The van der Waals surface area contributed by atoms with Crippen molar-refractivity contribution in [3.63, 3.8) is 0 Å². The monoisotopic (exact) mass is 343 g/mol. The van der Waals surface area contributed by atoms with Gasteiger partial charge in [0.15, 0.2) is 0 Å². The van der Waals surface area contributed by atoms with Gasteiger partial charge in [-0.3, -0.25) is 10.1 Å². The molecule has 0 aliphatic heterocycles. The van der Waals surface area contributed by atoms with E-state index in [9.17, 15) is 4.79 Å². The van der Waals surface area contributed by atoms with E-state index >= 15 is 0 Å². The van der Waals surface area contributed by atoms with Gasteiger partial charge in [0, 0.05) is 13.1 Å². The second-order valence-corrected chi connectivity index (χ2v) is 6.74. The summed E-state index contributed by atoms with van der Waals surface area (Å²) in [5.41, 5.74) is 0. The summed E-state index contributed by atoms with van der Waals surface area (Å²) < 4.78 is 0. The molecule has 0 aliphatic rings. The Hall–Kier alpha value is -0.650. The molecule has 0 fully saturated rings. The van der Waals surface area contributed by atoms with Crippen molar-refractivity contribution in [2.24, 2.45) is 0 Å². The Bertz CT molecular complexity index is 275. The lowest BCUT2D eigenvalue weighted by Gasteiger charge is -2.14. The molecule has 0 aromatic heterocycles. The molecule has 0 saturated carbocycles. The topological polar surface area (TPSA) is 73.4 Å². The summed E-state index contributed by atoms with van der Waals surface area (Å²) >= 11 is 0. The number of unbranched alkanes of at least 4 members (excludes halogenated alkanes) is 10. The molecule has 0 rings (SSSR count). The van der Waals surface area contributed by atoms with Crippen LogP contribution in [0, 0.1) is 0 Å². The SMILES string of the molecule is CCCCCCCCCCCCCNCCNC(C)NCC(=O)O. The Morgan fingerprint density at radius 2 is 1.33 bits per heavy atom. The van der Waals surface area contributed by atoms with Gasteiger partial charge in [-0.05, 0) is 19.9 Å². The van der Waals surface area contributed by atoms with Crippen LogP contribution in [-0.4, -0.2) is 43.4 Å². The van der Waals surface area contributed by atoms with E-state index in [0.717, 1.165) is 19.6 Å². The summed E-state index contributed by atoms with van der Waals surface area (Å²) in [4.78, 5) is 10.4. The van der Waals surface area contributed by atoms with Gasteiger partial charge in [0.1, 0.15) is 0 Å². The van der Waals surface area contributed by atoms with Gasteiger partial charge >= 0.3 is 5.97 Å². The van der Waals surface area contributed by atoms with Crippen LogP contribution in [0.5, 0.6) is 0 Å². The molecule has 5 heteroatoms. The summed E-state index contributed by atoms with van der Waals surface area (Å²) in [7, 11) is 0. The minimum absolute atomic E-state index is 0.000333. The molecule has 0 amide bonds. The van der Waals surface area contributed by atoms with Crippen molar-refractivity contribution in [2.45, 2.75) is 90.6 Å². The van der Waals surface area contributed by atoms with Crippen molar-refractivity contribution in [3.8, 4) is 0 Å². The van der Waals surface area contributed by atoms with E-state index in [-0.39, 0.29) is 12.7 Å². The Morgan fingerprint density at radius 1 is 0.792 bits per heavy atom. The molecule has 0 aromatic carbocycles. The van der Waals surface area contributed by atoms with Crippen LogP contribution < -0.4 is 16.0 Å². The molecule has 1 unspecified atom stereocenters. The van der Waals surface area contributed by atoms with Crippen LogP contribution in [0.1, 0.15) is 84.5 Å². The molecule has 144 valence electrons. The predicted octanol–water partition coefficient (Wildman–Crippen LogP) is 3.50. The van der Waals surface area contributed by atoms with Crippen LogP contribution >= 0.6 is 0 Å². The maximum absolute atomic E-state index is 10.4. The summed E-state index contributed by atoms with van der Waals surface area (Å²) in [5, 5.41) is 18.1. The third-order valence-corrected chi connectivity index (χ3v) is 4.27. The number of hydrogen-bond donors (Lipinski definition) is 4. The second kappa shape index (κ2) is 18.7. The lowest BCUT2D eigenvalue weighted by atomic mass is 10.1. The smallest absolute Gasteiger partial charge is 0.317 e. The zero-order valence-corrected chi connectivity index (χ0v) is 16.0. The van der Waals surface area contributed by atoms with Crippen LogP contribution in [0.3, 0.4) is 0 Å². The fourth-order valence-electron chi connectivity index (χ4n) is 2.73. The predicted molar refractivity (Wildman–Crippen MR) is 102 cm³/mol. The molecule has 4 N–H and O–H groups in total. The minimum Gasteiger partial charge on any atom is -0.480 e. The average Bonchev–Trinajstić information content (AvgIpc) is 2.56. The van der Waals surface area contributed by atoms with Crippen molar-refractivity contribution in [3.05, 3.63) is 0 Å². The first kappa shape index (κ1) is 23.4. The van der Waals surface area contributed by atoms with Crippen LogP contribution in [0.15, 0.2) is 0 Å².